The van der Waals surface area contributed by atoms with Crippen molar-refractivity contribution in [2.45, 2.75) is 32.4 Å². The topological polar surface area (TPSA) is 66.5 Å². The van der Waals surface area contributed by atoms with Gasteiger partial charge in [0.1, 0.15) is 6.04 Å². The lowest BCUT2D eigenvalue weighted by molar-refractivity contribution is -0.124. The maximum Gasteiger partial charge on any atom is 0.239 e. The molecule has 0 saturated carbocycles. The molecule has 0 aromatic heterocycles. The van der Waals surface area contributed by atoms with Crippen LogP contribution in [-0.2, 0) is 14.8 Å². The highest BCUT2D eigenvalue weighted by molar-refractivity contribution is 8.01. The zero-order valence-corrected chi connectivity index (χ0v) is 16.0. The van der Waals surface area contributed by atoms with Crippen LogP contribution in [0.2, 0.25) is 5.02 Å². The molecule has 0 radical (unpaired) electrons. The molecule has 2 atom stereocenters. The summed E-state index contributed by atoms with van der Waals surface area (Å²) in [5.41, 5.74) is 0.732. The van der Waals surface area contributed by atoms with Crippen LogP contribution < -0.4 is 5.32 Å². The highest BCUT2D eigenvalue weighted by atomic mass is 35.5. The van der Waals surface area contributed by atoms with Crippen molar-refractivity contribution in [1.82, 2.24) is 9.62 Å². The average Bonchev–Trinajstić information content (AvgIpc) is 3.05. The van der Waals surface area contributed by atoms with Gasteiger partial charge in [-0.3, -0.25) is 4.79 Å². The molecule has 5 nitrogen and oxygen atoms in total. The molecule has 0 aliphatic carbocycles. The third kappa shape index (κ3) is 4.99. The molecule has 132 valence electrons. The Balaban J connectivity index is 2.12. The lowest BCUT2D eigenvalue weighted by Crippen LogP contribution is -2.48. The summed E-state index contributed by atoms with van der Waals surface area (Å²) >= 11 is 7.25. The van der Waals surface area contributed by atoms with Crippen molar-refractivity contribution in [2.24, 2.45) is 0 Å². The van der Waals surface area contributed by atoms with E-state index >= 15 is 0 Å². The lowest BCUT2D eigenvalue weighted by atomic mass is 10.2. The Hall–Kier alpha value is -1.02. The summed E-state index contributed by atoms with van der Waals surface area (Å²) < 4.78 is 26.4. The van der Waals surface area contributed by atoms with Crippen molar-refractivity contribution in [2.75, 3.05) is 11.6 Å². The van der Waals surface area contributed by atoms with Crippen LogP contribution in [-0.4, -0.2) is 42.3 Å². The zero-order chi connectivity index (χ0) is 17.7. The van der Waals surface area contributed by atoms with E-state index in [1.807, 2.05) is 13.8 Å². The number of hydrogen-bond acceptors (Lipinski definition) is 4. The number of carbonyl (C=O) groups excluding carboxylic acids is 1. The summed E-state index contributed by atoms with van der Waals surface area (Å²) in [5.74, 6) is 0.514. The fourth-order valence-corrected chi connectivity index (χ4v) is 5.20. The van der Waals surface area contributed by atoms with Gasteiger partial charge < -0.3 is 5.32 Å². The maximum atomic E-state index is 12.6. The number of thioether (sulfide) groups is 1. The van der Waals surface area contributed by atoms with E-state index in [1.54, 1.807) is 24.3 Å². The van der Waals surface area contributed by atoms with Crippen LogP contribution in [0.4, 0.5) is 0 Å². The van der Waals surface area contributed by atoms with E-state index in [2.05, 4.69) is 5.32 Å². The van der Waals surface area contributed by atoms with Gasteiger partial charge in [-0.05, 0) is 37.1 Å². The summed E-state index contributed by atoms with van der Waals surface area (Å²) in [5, 5.41) is 4.59. The fraction of sp³-hybridized carbons (Fsp3) is 0.438. The number of benzene rings is 1. The van der Waals surface area contributed by atoms with Gasteiger partial charge in [0.05, 0.1) is 5.88 Å². The standard InChI is InChI=1S/C16H21ClN2O3S2/c1-3-12(2)18-16(20)15-10-23-11-19(15)24(21,22)9-8-13-4-6-14(17)7-5-13/h4-9,12,15H,3,10-11H2,1-2H3,(H,18,20)/b9-8+. The van der Waals surface area contributed by atoms with Crippen molar-refractivity contribution < 1.29 is 13.2 Å². The van der Waals surface area contributed by atoms with Crippen molar-refractivity contribution in [3.05, 3.63) is 40.3 Å². The summed E-state index contributed by atoms with van der Waals surface area (Å²) in [4.78, 5) is 12.3. The molecule has 1 fully saturated rings. The first kappa shape index (κ1) is 19.3. The molecule has 1 aromatic rings. The molecule has 1 N–H and O–H groups in total. The summed E-state index contributed by atoms with van der Waals surface area (Å²) in [6, 6.07) is 6.23. The third-order valence-corrected chi connectivity index (χ3v) is 6.72. The van der Waals surface area contributed by atoms with Gasteiger partial charge >= 0.3 is 0 Å². The van der Waals surface area contributed by atoms with Gasteiger partial charge in [-0.15, -0.1) is 11.8 Å². The van der Waals surface area contributed by atoms with E-state index in [4.69, 9.17) is 11.6 Å². The van der Waals surface area contributed by atoms with Crippen molar-refractivity contribution >= 4 is 45.4 Å². The molecule has 1 heterocycles. The van der Waals surface area contributed by atoms with Crippen LogP contribution in [0.5, 0.6) is 0 Å². The van der Waals surface area contributed by atoms with Gasteiger partial charge in [0.15, 0.2) is 0 Å². The number of rotatable bonds is 6. The first-order chi connectivity index (χ1) is 11.3. The highest BCUT2D eigenvalue weighted by Crippen LogP contribution is 2.25. The Labute approximate surface area is 152 Å². The van der Waals surface area contributed by atoms with Gasteiger partial charge in [0.2, 0.25) is 15.9 Å². The zero-order valence-electron chi connectivity index (χ0n) is 13.6. The average molecular weight is 389 g/mol. The summed E-state index contributed by atoms with van der Waals surface area (Å²) in [7, 11) is -3.67. The van der Waals surface area contributed by atoms with Gasteiger partial charge in [0.25, 0.3) is 0 Å². The quantitative estimate of drug-likeness (QED) is 0.813. The maximum absolute atomic E-state index is 12.6. The Morgan fingerprint density at radius 3 is 2.75 bits per heavy atom. The molecule has 24 heavy (non-hydrogen) atoms. The number of sulfonamides is 1. The van der Waals surface area contributed by atoms with E-state index in [1.165, 1.54) is 22.1 Å². The molecular formula is C16H21ClN2O3S2. The Bertz CT molecular complexity index is 705. The van der Waals surface area contributed by atoms with Crippen LogP contribution in [0.15, 0.2) is 29.7 Å². The molecule has 1 aliphatic rings. The first-order valence-corrected chi connectivity index (χ1v) is 10.7. The van der Waals surface area contributed by atoms with E-state index in [0.717, 1.165) is 17.4 Å². The number of halogens is 1. The van der Waals surface area contributed by atoms with Crippen LogP contribution in [0.1, 0.15) is 25.8 Å². The van der Waals surface area contributed by atoms with Gasteiger partial charge in [-0.2, -0.15) is 4.31 Å². The third-order valence-electron chi connectivity index (χ3n) is 3.77. The predicted octanol–water partition coefficient (Wildman–Crippen LogP) is 2.93. The van der Waals surface area contributed by atoms with Gasteiger partial charge in [-0.1, -0.05) is 30.7 Å². The molecule has 2 unspecified atom stereocenters. The largest absolute Gasteiger partial charge is 0.352 e. The molecule has 1 saturated heterocycles. The van der Waals surface area contributed by atoms with E-state index < -0.39 is 16.1 Å². The Kier molecular flexibility index (Phi) is 6.74. The molecule has 1 aliphatic heterocycles. The number of nitrogens with zero attached hydrogens (tertiary/aromatic N) is 1. The lowest BCUT2D eigenvalue weighted by Gasteiger charge is -2.22. The normalized spacial score (nSPS) is 20.4. The number of hydrogen-bond donors (Lipinski definition) is 1. The summed E-state index contributed by atoms with van der Waals surface area (Å²) in [6.07, 6.45) is 2.31. The second kappa shape index (κ2) is 8.38. The molecular weight excluding hydrogens is 368 g/mol. The molecule has 0 bridgehead atoms. The number of amides is 1. The first-order valence-electron chi connectivity index (χ1n) is 7.67. The minimum atomic E-state index is -3.67. The Morgan fingerprint density at radius 1 is 1.46 bits per heavy atom. The number of nitrogens with one attached hydrogen (secondary N) is 1. The van der Waals surface area contributed by atoms with Crippen molar-refractivity contribution in [3.63, 3.8) is 0 Å². The molecule has 1 amide bonds. The summed E-state index contributed by atoms with van der Waals surface area (Å²) in [6.45, 7) is 3.87. The van der Waals surface area contributed by atoms with Crippen molar-refractivity contribution in [1.29, 1.82) is 0 Å². The second-order valence-electron chi connectivity index (χ2n) is 5.62. The van der Waals surface area contributed by atoms with E-state index in [0.29, 0.717) is 10.8 Å². The fourth-order valence-electron chi connectivity index (χ4n) is 2.14. The van der Waals surface area contributed by atoms with Crippen LogP contribution in [0, 0.1) is 0 Å². The van der Waals surface area contributed by atoms with Crippen LogP contribution in [0.3, 0.4) is 0 Å². The molecule has 8 heteroatoms. The smallest absolute Gasteiger partial charge is 0.239 e. The van der Waals surface area contributed by atoms with E-state index in [-0.39, 0.29) is 17.8 Å². The SMILES string of the molecule is CCC(C)NC(=O)C1CSCN1S(=O)(=O)/C=C/c1ccc(Cl)cc1. The van der Waals surface area contributed by atoms with E-state index in [9.17, 15) is 13.2 Å². The molecule has 2 rings (SSSR count). The minimum absolute atomic E-state index is 0.0252. The van der Waals surface area contributed by atoms with Crippen LogP contribution >= 0.6 is 23.4 Å². The number of carbonyl (C=O) groups is 1. The second-order valence-corrected chi connectivity index (χ2v) is 8.83. The monoisotopic (exact) mass is 388 g/mol. The molecule has 0 spiro atoms. The van der Waals surface area contributed by atoms with Crippen LogP contribution in [0.25, 0.3) is 6.08 Å². The Morgan fingerprint density at radius 2 is 2.12 bits per heavy atom. The highest BCUT2D eigenvalue weighted by Gasteiger charge is 2.38. The minimum Gasteiger partial charge on any atom is -0.352 e. The van der Waals surface area contributed by atoms with Gasteiger partial charge in [-0.25, -0.2) is 8.42 Å². The predicted molar refractivity (Wildman–Crippen MR) is 100 cm³/mol. The molecule has 1 aromatic carbocycles. The van der Waals surface area contributed by atoms with Crippen molar-refractivity contribution in [3.8, 4) is 0 Å². The van der Waals surface area contributed by atoms with Gasteiger partial charge in [0, 0.05) is 22.2 Å².